The highest BCUT2D eigenvalue weighted by molar-refractivity contribution is 5.93. The zero-order valence-electron chi connectivity index (χ0n) is 16.1. The summed E-state index contributed by atoms with van der Waals surface area (Å²) in [6.07, 6.45) is 5.31. The second-order valence-corrected chi connectivity index (χ2v) is 8.00. The van der Waals surface area contributed by atoms with Gasteiger partial charge in [0.2, 0.25) is 0 Å². The number of hydrogen-bond acceptors (Lipinski definition) is 3. The van der Waals surface area contributed by atoms with E-state index in [9.17, 15) is 18.0 Å². The summed E-state index contributed by atoms with van der Waals surface area (Å²) in [6.45, 7) is 1.21. The predicted octanol–water partition coefficient (Wildman–Crippen LogP) is 2.46. The molecule has 3 atom stereocenters. The molecule has 1 aromatic heterocycles. The summed E-state index contributed by atoms with van der Waals surface area (Å²) >= 11 is 0. The lowest BCUT2D eigenvalue weighted by Crippen LogP contribution is -3.18. The van der Waals surface area contributed by atoms with Crippen molar-refractivity contribution in [1.29, 1.82) is 0 Å². The van der Waals surface area contributed by atoms with Crippen molar-refractivity contribution in [2.75, 3.05) is 18.4 Å². The number of hydrogen-bond donors (Lipinski definition) is 2. The third-order valence-corrected chi connectivity index (χ3v) is 6.16. The maximum atomic E-state index is 13.2. The molecule has 29 heavy (non-hydrogen) atoms. The van der Waals surface area contributed by atoms with Gasteiger partial charge < -0.3 is 10.2 Å². The Kier molecular flexibility index (Phi) is 5.58. The van der Waals surface area contributed by atoms with Gasteiger partial charge in [-0.3, -0.25) is 4.79 Å². The van der Waals surface area contributed by atoms with Crippen LogP contribution in [0, 0.1) is 5.92 Å². The zero-order valence-corrected chi connectivity index (χ0v) is 16.1. The van der Waals surface area contributed by atoms with Crippen LogP contribution in [-0.4, -0.2) is 39.8 Å². The van der Waals surface area contributed by atoms with E-state index in [4.69, 9.17) is 0 Å². The number of likely N-dealkylation sites (tertiary alicyclic amines) is 1. The standard InChI is InChI=1S/C20H24F3N5O/c21-20(22,23)15-7-8-18(28-13-24-12-25-28)16(10-15)26-19(29)11-27-9-3-5-14-4-1-2-6-17(14)27/h7-8,10,12-14,17H,1-6,9,11H2,(H,26,29)/p+1/t14-,17+/m1/s1. The van der Waals surface area contributed by atoms with Crippen LogP contribution in [0.15, 0.2) is 30.9 Å². The summed E-state index contributed by atoms with van der Waals surface area (Å²) in [5, 5.41) is 6.69. The van der Waals surface area contributed by atoms with Crippen molar-refractivity contribution in [3.63, 3.8) is 0 Å². The maximum absolute atomic E-state index is 13.2. The van der Waals surface area contributed by atoms with E-state index in [-0.39, 0.29) is 18.1 Å². The van der Waals surface area contributed by atoms with Crippen LogP contribution >= 0.6 is 0 Å². The number of rotatable bonds is 4. The van der Waals surface area contributed by atoms with E-state index in [0.29, 0.717) is 17.6 Å². The summed E-state index contributed by atoms with van der Waals surface area (Å²) in [5.41, 5.74) is -0.366. The molecule has 1 saturated carbocycles. The number of halogens is 3. The smallest absolute Gasteiger partial charge is 0.324 e. The van der Waals surface area contributed by atoms with Gasteiger partial charge in [0, 0.05) is 5.92 Å². The molecule has 1 aliphatic heterocycles. The van der Waals surface area contributed by atoms with Gasteiger partial charge >= 0.3 is 6.18 Å². The first-order valence-corrected chi connectivity index (χ1v) is 10.1. The third kappa shape index (κ3) is 4.44. The maximum Gasteiger partial charge on any atom is 0.416 e. The number of benzene rings is 1. The molecule has 0 bridgehead atoms. The fourth-order valence-corrected chi connectivity index (χ4v) is 4.83. The molecule has 0 radical (unpaired) electrons. The Balaban J connectivity index is 1.53. The first kappa shape index (κ1) is 19.9. The van der Waals surface area contributed by atoms with Crippen molar-refractivity contribution in [1.82, 2.24) is 14.8 Å². The number of aromatic nitrogens is 3. The number of nitrogens with one attached hydrogen (secondary N) is 2. The van der Waals surface area contributed by atoms with Crippen LogP contribution in [-0.2, 0) is 11.0 Å². The van der Waals surface area contributed by atoms with Gasteiger partial charge in [-0.2, -0.15) is 18.3 Å². The minimum atomic E-state index is -4.49. The van der Waals surface area contributed by atoms with Crippen molar-refractivity contribution in [3.05, 3.63) is 36.4 Å². The van der Waals surface area contributed by atoms with Crippen molar-refractivity contribution >= 4 is 11.6 Å². The monoisotopic (exact) mass is 408 g/mol. The van der Waals surface area contributed by atoms with Crippen LogP contribution in [0.2, 0.25) is 0 Å². The summed E-state index contributed by atoms with van der Waals surface area (Å²) in [4.78, 5) is 17.9. The summed E-state index contributed by atoms with van der Waals surface area (Å²) in [6, 6.07) is 3.73. The van der Waals surface area contributed by atoms with Gasteiger partial charge in [0.15, 0.2) is 6.54 Å². The van der Waals surface area contributed by atoms with Gasteiger partial charge in [0.05, 0.1) is 29.5 Å². The number of piperidine rings is 1. The van der Waals surface area contributed by atoms with E-state index in [2.05, 4.69) is 15.4 Å². The number of quaternary nitrogens is 1. The van der Waals surface area contributed by atoms with E-state index >= 15 is 0 Å². The molecule has 2 aromatic rings. The van der Waals surface area contributed by atoms with Gasteiger partial charge in [-0.1, -0.05) is 6.42 Å². The number of nitrogens with zero attached hydrogens (tertiary/aromatic N) is 3. The summed E-state index contributed by atoms with van der Waals surface area (Å²) in [7, 11) is 0. The Hall–Kier alpha value is -2.42. The van der Waals surface area contributed by atoms with Gasteiger partial charge in [0.25, 0.3) is 5.91 Å². The highest BCUT2D eigenvalue weighted by Crippen LogP contribution is 2.33. The molecule has 9 heteroatoms. The molecule has 156 valence electrons. The molecule has 1 aromatic carbocycles. The van der Waals surface area contributed by atoms with Gasteiger partial charge in [-0.15, -0.1) is 0 Å². The van der Waals surface area contributed by atoms with Crippen molar-refractivity contribution in [2.24, 2.45) is 5.92 Å². The van der Waals surface area contributed by atoms with E-state index in [1.54, 1.807) is 0 Å². The summed E-state index contributed by atoms with van der Waals surface area (Å²) in [5.74, 6) is 0.395. The quantitative estimate of drug-likeness (QED) is 0.817. The third-order valence-electron chi connectivity index (χ3n) is 6.16. The molecule has 1 unspecified atom stereocenters. The fraction of sp³-hybridized carbons (Fsp3) is 0.550. The van der Waals surface area contributed by atoms with E-state index in [0.717, 1.165) is 31.5 Å². The van der Waals surface area contributed by atoms with Crippen LogP contribution in [0.1, 0.15) is 44.1 Å². The Bertz CT molecular complexity index is 850. The Labute approximate surface area is 167 Å². The van der Waals surface area contributed by atoms with Gasteiger partial charge in [0.1, 0.15) is 12.7 Å². The van der Waals surface area contributed by atoms with Crippen LogP contribution in [0.3, 0.4) is 0 Å². The average molecular weight is 408 g/mol. The lowest BCUT2D eigenvalue weighted by Gasteiger charge is -2.40. The van der Waals surface area contributed by atoms with Crippen LogP contribution in [0.4, 0.5) is 18.9 Å². The Morgan fingerprint density at radius 1 is 1.21 bits per heavy atom. The van der Waals surface area contributed by atoms with E-state index in [1.165, 1.54) is 54.0 Å². The largest absolute Gasteiger partial charge is 0.416 e. The average Bonchev–Trinajstić information content (AvgIpc) is 3.22. The summed E-state index contributed by atoms with van der Waals surface area (Å²) < 4.78 is 40.9. The minimum Gasteiger partial charge on any atom is -0.324 e. The topological polar surface area (TPSA) is 64.2 Å². The molecule has 2 N–H and O–H groups in total. The van der Waals surface area contributed by atoms with Gasteiger partial charge in [-0.05, 0) is 50.3 Å². The number of fused-ring (bicyclic) bond motifs is 1. The van der Waals surface area contributed by atoms with Crippen molar-refractivity contribution in [2.45, 2.75) is 50.7 Å². The predicted molar refractivity (Wildman–Crippen MR) is 101 cm³/mol. The molecule has 1 aliphatic carbocycles. The number of anilines is 1. The molecule has 0 spiro atoms. The number of alkyl halides is 3. The van der Waals surface area contributed by atoms with Crippen LogP contribution < -0.4 is 10.2 Å². The first-order chi connectivity index (χ1) is 13.9. The van der Waals surface area contributed by atoms with E-state index in [1.807, 2.05) is 0 Å². The normalized spacial score (nSPS) is 24.7. The Morgan fingerprint density at radius 2 is 2.00 bits per heavy atom. The van der Waals surface area contributed by atoms with Crippen LogP contribution in [0.25, 0.3) is 5.69 Å². The highest BCUT2D eigenvalue weighted by atomic mass is 19.4. The molecule has 2 fully saturated rings. The SMILES string of the molecule is O=C(C[NH+]1CCC[C@H]2CCCC[C@@H]21)Nc1cc(C(F)(F)F)ccc1-n1cncn1. The molecule has 2 heterocycles. The van der Waals surface area contributed by atoms with E-state index < -0.39 is 11.7 Å². The molecule has 4 rings (SSSR count). The second-order valence-electron chi connectivity index (χ2n) is 8.00. The lowest BCUT2D eigenvalue weighted by molar-refractivity contribution is -0.928. The number of amides is 1. The molecule has 1 saturated heterocycles. The van der Waals surface area contributed by atoms with Gasteiger partial charge in [-0.25, -0.2) is 9.67 Å². The first-order valence-electron chi connectivity index (χ1n) is 10.1. The fourth-order valence-electron chi connectivity index (χ4n) is 4.83. The molecule has 6 nitrogen and oxygen atoms in total. The zero-order chi connectivity index (χ0) is 20.4. The number of carbonyl (C=O) groups is 1. The number of carbonyl (C=O) groups excluding carboxylic acids is 1. The molecule has 1 amide bonds. The van der Waals surface area contributed by atoms with Crippen molar-refractivity contribution in [3.8, 4) is 5.69 Å². The second kappa shape index (κ2) is 8.14. The lowest BCUT2D eigenvalue weighted by atomic mass is 9.78. The highest BCUT2D eigenvalue weighted by Gasteiger charge is 2.37. The van der Waals surface area contributed by atoms with Crippen molar-refractivity contribution < 1.29 is 22.9 Å². The molecule has 2 aliphatic rings. The molecular weight excluding hydrogens is 383 g/mol. The minimum absolute atomic E-state index is 0.0897. The Morgan fingerprint density at radius 3 is 2.76 bits per heavy atom. The molecular formula is C20H25F3N5O+. The van der Waals surface area contributed by atoms with Crippen LogP contribution in [0.5, 0.6) is 0 Å².